The normalized spacial score (nSPS) is 32.7. The highest BCUT2D eigenvalue weighted by Crippen LogP contribution is 2.36. The fourth-order valence-corrected chi connectivity index (χ4v) is 4.21. The first-order chi connectivity index (χ1) is 10.8. The first-order valence-corrected chi connectivity index (χ1v) is 9.09. The van der Waals surface area contributed by atoms with Gasteiger partial charge in [0.1, 0.15) is 5.78 Å². The number of nitrogens with zero attached hydrogens (tertiary/aromatic N) is 1. The van der Waals surface area contributed by atoms with Gasteiger partial charge in [0.2, 0.25) is 0 Å². The molecular formula is C20H33NO2. The van der Waals surface area contributed by atoms with Crippen molar-refractivity contribution in [2.45, 2.75) is 77.9 Å². The zero-order valence-corrected chi connectivity index (χ0v) is 15.3. The van der Waals surface area contributed by atoms with E-state index in [1.165, 1.54) is 18.4 Å². The summed E-state index contributed by atoms with van der Waals surface area (Å²) < 4.78 is 0. The fourth-order valence-electron chi connectivity index (χ4n) is 4.21. The molecule has 1 unspecified atom stereocenters. The molecule has 0 aromatic rings. The van der Waals surface area contributed by atoms with Crippen molar-refractivity contribution in [3.63, 3.8) is 0 Å². The lowest BCUT2D eigenvalue weighted by molar-refractivity contribution is -0.116. The molecule has 2 rings (SSSR count). The molecule has 0 saturated carbocycles. The van der Waals surface area contributed by atoms with Crippen LogP contribution in [0.25, 0.3) is 0 Å². The topological polar surface area (TPSA) is 40.5 Å². The van der Waals surface area contributed by atoms with Gasteiger partial charge in [-0.05, 0) is 58.9 Å². The predicted octanol–water partition coefficient (Wildman–Crippen LogP) is 3.87. The number of fused-ring (bicyclic) bond motifs is 1. The third kappa shape index (κ3) is 5.29. The third-order valence-corrected chi connectivity index (χ3v) is 5.21. The van der Waals surface area contributed by atoms with Crippen molar-refractivity contribution < 1.29 is 9.90 Å². The molecule has 2 aliphatic rings. The molecule has 0 amide bonds. The van der Waals surface area contributed by atoms with E-state index >= 15 is 0 Å². The van der Waals surface area contributed by atoms with Crippen LogP contribution in [0, 0.1) is 5.92 Å². The van der Waals surface area contributed by atoms with Crippen molar-refractivity contribution in [1.82, 2.24) is 4.90 Å². The van der Waals surface area contributed by atoms with Crippen molar-refractivity contribution in [3.8, 4) is 0 Å². The van der Waals surface area contributed by atoms with Crippen molar-refractivity contribution >= 4 is 5.78 Å². The lowest BCUT2D eigenvalue weighted by atomic mass is 9.78. The Bertz CT molecular complexity index is 490. The average Bonchev–Trinajstić information content (AvgIpc) is 2.44. The number of carbonyl (C=O) groups is 1. The molecule has 0 spiro atoms. The van der Waals surface area contributed by atoms with Gasteiger partial charge in [0.15, 0.2) is 0 Å². The Kier molecular flexibility index (Phi) is 6.21. The van der Waals surface area contributed by atoms with Gasteiger partial charge in [0, 0.05) is 19.0 Å². The quantitative estimate of drug-likeness (QED) is 0.782. The zero-order chi connectivity index (χ0) is 17.0. The minimum atomic E-state index is -0.593. The van der Waals surface area contributed by atoms with E-state index in [-0.39, 0.29) is 5.78 Å². The Morgan fingerprint density at radius 2 is 2.17 bits per heavy atom. The van der Waals surface area contributed by atoms with Gasteiger partial charge in [-0.3, -0.25) is 9.69 Å². The summed E-state index contributed by atoms with van der Waals surface area (Å²) in [6.07, 6.45) is 10.5. The Morgan fingerprint density at radius 3 is 2.87 bits per heavy atom. The Balaban J connectivity index is 1.97. The molecule has 0 aromatic carbocycles. The maximum atomic E-state index is 11.1. The standard InChI is InChI=1S/C20H33NO2/c1-15(11-17(3)22)8-9-16(2)12-18-13-20(4,23)19-7-5-6-10-21(19)14-18/h8,12,16,19,23H,5-7,9-11,13-14H2,1-4H3/b15-8+,18-12-/t16-,19?,20+/m1/s1. The summed E-state index contributed by atoms with van der Waals surface area (Å²) in [5.41, 5.74) is 1.94. The number of rotatable bonds is 5. The number of aliphatic hydroxyl groups is 1. The molecule has 23 heavy (non-hydrogen) atoms. The molecule has 1 N–H and O–H groups in total. The lowest BCUT2D eigenvalue weighted by Crippen LogP contribution is -2.57. The lowest BCUT2D eigenvalue weighted by Gasteiger charge is -2.49. The second-order valence-corrected chi connectivity index (χ2v) is 7.98. The minimum absolute atomic E-state index is 0.226. The monoisotopic (exact) mass is 319 g/mol. The Hall–Kier alpha value is -0.930. The van der Waals surface area contributed by atoms with Gasteiger partial charge in [-0.1, -0.05) is 36.6 Å². The number of hydrogen-bond acceptors (Lipinski definition) is 3. The van der Waals surface area contributed by atoms with E-state index in [9.17, 15) is 9.90 Å². The summed E-state index contributed by atoms with van der Waals surface area (Å²) in [6.45, 7) is 10.0. The summed E-state index contributed by atoms with van der Waals surface area (Å²) in [5.74, 6) is 0.674. The van der Waals surface area contributed by atoms with E-state index in [4.69, 9.17) is 0 Å². The molecule has 2 saturated heterocycles. The molecule has 0 aliphatic carbocycles. The second kappa shape index (κ2) is 7.76. The van der Waals surface area contributed by atoms with Crippen LogP contribution >= 0.6 is 0 Å². The van der Waals surface area contributed by atoms with Crippen LogP contribution in [-0.4, -0.2) is 40.5 Å². The third-order valence-electron chi connectivity index (χ3n) is 5.21. The molecule has 2 heterocycles. The van der Waals surface area contributed by atoms with E-state index in [2.05, 4.69) is 24.0 Å². The summed E-state index contributed by atoms with van der Waals surface area (Å²) in [5, 5.41) is 10.8. The minimum Gasteiger partial charge on any atom is -0.388 e. The number of allylic oxidation sites excluding steroid dienone is 3. The van der Waals surface area contributed by atoms with Crippen LogP contribution in [0.2, 0.25) is 0 Å². The zero-order valence-electron chi connectivity index (χ0n) is 15.3. The van der Waals surface area contributed by atoms with Crippen LogP contribution in [-0.2, 0) is 4.79 Å². The Labute approximate surface area is 141 Å². The van der Waals surface area contributed by atoms with Gasteiger partial charge in [0.05, 0.1) is 5.60 Å². The first-order valence-electron chi connectivity index (χ1n) is 9.09. The first kappa shape index (κ1) is 18.4. The van der Waals surface area contributed by atoms with Crippen LogP contribution in [0.3, 0.4) is 0 Å². The SMILES string of the molecule is CC(=O)C/C(C)=C/C[C@@H](C)/C=C1\CN2CCCCC2[C@@](C)(O)C1. The number of carbonyl (C=O) groups excluding carboxylic acids is 1. The second-order valence-electron chi connectivity index (χ2n) is 7.98. The number of piperidine rings is 2. The summed E-state index contributed by atoms with van der Waals surface area (Å²) in [4.78, 5) is 13.6. The number of hydrogen-bond donors (Lipinski definition) is 1. The fraction of sp³-hybridized carbons (Fsp3) is 0.750. The number of ketones is 1. The summed E-state index contributed by atoms with van der Waals surface area (Å²) >= 11 is 0. The van der Waals surface area contributed by atoms with Gasteiger partial charge in [-0.15, -0.1) is 0 Å². The summed E-state index contributed by atoms with van der Waals surface area (Å²) in [7, 11) is 0. The van der Waals surface area contributed by atoms with Gasteiger partial charge in [0.25, 0.3) is 0 Å². The maximum absolute atomic E-state index is 11.1. The van der Waals surface area contributed by atoms with Crippen molar-refractivity contribution in [2.24, 2.45) is 5.92 Å². The van der Waals surface area contributed by atoms with E-state index in [0.717, 1.165) is 37.9 Å². The molecule has 3 nitrogen and oxygen atoms in total. The average molecular weight is 319 g/mol. The van der Waals surface area contributed by atoms with E-state index in [1.54, 1.807) is 6.92 Å². The smallest absolute Gasteiger partial charge is 0.133 e. The van der Waals surface area contributed by atoms with Crippen LogP contribution < -0.4 is 0 Å². The van der Waals surface area contributed by atoms with Crippen molar-refractivity contribution in [1.29, 1.82) is 0 Å². The van der Waals surface area contributed by atoms with Gasteiger partial charge < -0.3 is 5.11 Å². The molecule has 0 radical (unpaired) electrons. The maximum Gasteiger partial charge on any atom is 0.133 e. The van der Waals surface area contributed by atoms with Crippen molar-refractivity contribution in [2.75, 3.05) is 13.1 Å². The highest BCUT2D eigenvalue weighted by molar-refractivity contribution is 5.77. The molecule has 2 fully saturated rings. The van der Waals surface area contributed by atoms with Crippen LogP contribution in [0.15, 0.2) is 23.3 Å². The molecule has 130 valence electrons. The van der Waals surface area contributed by atoms with Gasteiger partial charge in [-0.2, -0.15) is 0 Å². The molecule has 0 aromatic heterocycles. The van der Waals surface area contributed by atoms with Gasteiger partial charge >= 0.3 is 0 Å². The molecular weight excluding hydrogens is 286 g/mol. The highest BCUT2D eigenvalue weighted by Gasteiger charge is 2.42. The van der Waals surface area contributed by atoms with Crippen LogP contribution in [0.5, 0.6) is 0 Å². The van der Waals surface area contributed by atoms with E-state index in [1.807, 2.05) is 13.8 Å². The van der Waals surface area contributed by atoms with Gasteiger partial charge in [-0.25, -0.2) is 0 Å². The summed E-state index contributed by atoms with van der Waals surface area (Å²) in [6, 6.07) is 0.335. The molecule has 2 aliphatic heterocycles. The molecule has 0 bridgehead atoms. The highest BCUT2D eigenvalue weighted by atomic mass is 16.3. The van der Waals surface area contributed by atoms with Crippen LogP contribution in [0.4, 0.5) is 0 Å². The largest absolute Gasteiger partial charge is 0.388 e. The molecule has 3 heteroatoms. The van der Waals surface area contributed by atoms with Crippen LogP contribution in [0.1, 0.15) is 66.2 Å². The van der Waals surface area contributed by atoms with Crippen molar-refractivity contribution in [3.05, 3.63) is 23.3 Å². The number of Topliss-reactive ketones (excluding diaryl/α,β-unsaturated/α-hetero) is 1. The van der Waals surface area contributed by atoms with E-state index in [0.29, 0.717) is 18.4 Å². The predicted molar refractivity (Wildman–Crippen MR) is 95.4 cm³/mol. The van der Waals surface area contributed by atoms with E-state index < -0.39 is 5.60 Å². The Morgan fingerprint density at radius 1 is 1.43 bits per heavy atom. The molecule has 3 atom stereocenters.